The van der Waals surface area contributed by atoms with Crippen molar-refractivity contribution in [1.29, 1.82) is 0 Å². The first kappa shape index (κ1) is 22.7. The van der Waals surface area contributed by atoms with Crippen molar-refractivity contribution >= 4 is 58.3 Å². The van der Waals surface area contributed by atoms with Crippen molar-refractivity contribution in [2.24, 2.45) is 0 Å². The van der Waals surface area contributed by atoms with Crippen LogP contribution < -0.4 is 9.47 Å². The lowest BCUT2D eigenvalue weighted by atomic mass is 10.2. The molecule has 150 valence electrons. The molecule has 0 aromatic heterocycles. The Balaban J connectivity index is 2.13. The van der Waals surface area contributed by atoms with Gasteiger partial charge in [0.2, 0.25) is 0 Å². The van der Waals surface area contributed by atoms with E-state index in [1.165, 1.54) is 38.1 Å². The summed E-state index contributed by atoms with van der Waals surface area (Å²) in [5, 5.41) is 11.8. The molecule has 0 aliphatic heterocycles. The Labute approximate surface area is 181 Å². The van der Waals surface area contributed by atoms with Crippen LogP contribution in [-0.2, 0) is 22.7 Å². The van der Waals surface area contributed by atoms with Gasteiger partial charge in [-0.15, -0.1) is 0 Å². The molecule has 0 unspecified atom stereocenters. The molecule has 0 fully saturated rings. The van der Waals surface area contributed by atoms with Gasteiger partial charge in [-0.2, -0.15) is 5.06 Å². The number of hydroxylamine groups is 2. The summed E-state index contributed by atoms with van der Waals surface area (Å²) in [5.41, 5.74) is 1.17. The van der Waals surface area contributed by atoms with Gasteiger partial charge in [0.15, 0.2) is 11.5 Å². The minimum atomic E-state index is -0.550. The highest BCUT2D eigenvalue weighted by Gasteiger charge is 2.16. The van der Waals surface area contributed by atoms with Crippen molar-refractivity contribution in [2.75, 3.05) is 0 Å². The summed E-state index contributed by atoms with van der Waals surface area (Å²) >= 11 is 24.3. The number of carbonyl (C=O) groups is 2. The third-order valence-corrected chi connectivity index (χ3v) is 4.46. The van der Waals surface area contributed by atoms with E-state index in [9.17, 15) is 14.8 Å². The fourth-order valence-electron chi connectivity index (χ4n) is 2.37. The number of carbonyl (C=O) groups excluding carboxylic acids is 2. The highest BCUT2D eigenvalue weighted by molar-refractivity contribution is 6.38. The lowest BCUT2D eigenvalue weighted by molar-refractivity contribution is -0.132. The van der Waals surface area contributed by atoms with E-state index in [0.29, 0.717) is 11.1 Å². The van der Waals surface area contributed by atoms with Gasteiger partial charge in [0, 0.05) is 26.9 Å². The molecule has 0 heterocycles. The van der Waals surface area contributed by atoms with E-state index in [2.05, 4.69) is 0 Å². The Morgan fingerprint density at radius 2 is 1.07 bits per heavy atom. The van der Waals surface area contributed by atoms with Crippen LogP contribution in [-0.4, -0.2) is 22.2 Å². The van der Waals surface area contributed by atoms with Crippen molar-refractivity contribution in [2.45, 2.75) is 26.9 Å². The van der Waals surface area contributed by atoms with Crippen LogP contribution in [0.2, 0.25) is 20.1 Å². The number of esters is 2. The van der Waals surface area contributed by atoms with E-state index in [1.54, 1.807) is 0 Å². The molecule has 0 saturated heterocycles. The Hall–Kier alpha value is -1.54. The quantitative estimate of drug-likeness (QED) is 0.342. The van der Waals surface area contributed by atoms with E-state index in [0.717, 1.165) is 5.06 Å². The van der Waals surface area contributed by atoms with Crippen LogP contribution in [0.5, 0.6) is 11.5 Å². The number of hydrogen-bond donors (Lipinski definition) is 1. The Bertz CT molecular complexity index is 799. The predicted molar refractivity (Wildman–Crippen MR) is 107 cm³/mol. The summed E-state index contributed by atoms with van der Waals surface area (Å²) in [4.78, 5) is 22.2. The van der Waals surface area contributed by atoms with Crippen LogP contribution in [0.15, 0.2) is 24.3 Å². The standard InChI is InChI=1S/C18H15Cl4NO5/c1-9(24)27-17-13(19)3-11(4-14(17)20)7-23(26)8-12-5-15(21)18(16(22)6-12)28-10(2)25/h3-6,26H,7-8H2,1-2H3. The third kappa shape index (κ3) is 6.24. The van der Waals surface area contributed by atoms with E-state index in [1.807, 2.05) is 0 Å². The third-order valence-electron chi connectivity index (χ3n) is 3.34. The van der Waals surface area contributed by atoms with Crippen LogP contribution in [0, 0.1) is 0 Å². The molecule has 2 rings (SSSR count). The van der Waals surface area contributed by atoms with Gasteiger partial charge in [0.25, 0.3) is 0 Å². The Morgan fingerprint density at radius 1 is 0.786 bits per heavy atom. The van der Waals surface area contributed by atoms with E-state index in [4.69, 9.17) is 55.9 Å². The first-order valence-electron chi connectivity index (χ1n) is 7.83. The second-order valence-corrected chi connectivity index (χ2v) is 7.42. The van der Waals surface area contributed by atoms with Crippen LogP contribution in [0.4, 0.5) is 0 Å². The summed E-state index contributed by atoms with van der Waals surface area (Å²) < 4.78 is 9.90. The molecular formula is C18H15Cl4NO5. The molecule has 0 radical (unpaired) electrons. The minimum Gasteiger partial charge on any atom is -0.424 e. The van der Waals surface area contributed by atoms with Crippen LogP contribution in [0.25, 0.3) is 0 Å². The van der Waals surface area contributed by atoms with Crippen molar-refractivity contribution < 1.29 is 24.3 Å². The fraction of sp³-hybridized carbons (Fsp3) is 0.222. The lowest BCUT2D eigenvalue weighted by Gasteiger charge is -2.17. The molecule has 0 aliphatic carbocycles. The first-order valence-corrected chi connectivity index (χ1v) is 9.34. The summed E-state index contributed by atoms with van der Waals surface area (Å²) in [6.45, 7) is 2.61. The number of benzene rings is 2. The Morgan fingerprint density at radius 3 is 1.32 bits per heavy atom. The van der Waals surface area contributed by atoms with Gasteiger partial charge in [0.1, 0.15) is 0 Å². The molecule has 2 aromatic carbocycles. The van der Waals surface area contributed by atoms with Gasteiger partial charge in [-0.25, -0.2) is 0 Å². The smallest absolute Gasteiger partial charge is 0.308 e. The van der Waals surface area contributed by atoms with Crippen LogP contribution in [0.3, 0.4) is 0 Å². The van der Waals surface area contributed by atoms with E-state index in [-0.39, 0.29) is 44.7 Å². The molecule has 0 spiro atoms. The maximum atomic E-state index is 11.1. The van der Waals surface area contributed by atoms with Crippen molar-refractivity contribution in [1.82, 2.24) is 5.06 Å². The number of hydrogen-bond acceptors (Lipinski definition) is 6. The number of rotatable bonds is 6. The first-order chi connectivity index (χ1) is 13.1. The normalized spacial score (nSPS) is 10.9. The molecule has 6 nitrogen and oxygen atoms in total. The summed E-state index contributed by atoms with van der Waals surface area (Å²) in [7, 11) is 0. The molecule has 0 saturated carbocycles. The second kappa shape index (κ2) is 9.78. The molecular weight excluding hydrogens is 452 g/mol. The topological polar surface area (TPSA) is 76.1 Å². The lowest BCUT2D eigenvalue weighted by Crippen LogP contribution is -2.18. The molecule has 28 heavy (non-hydrogen) atoms. The fourth-order valence-corrected chi connectivity index (χ4v) is 3.59. The van der Waals surface area contributed by atoms with Gasteiger partial charge in [-0.05, 0) is 35.4 Å². The highest BCUT2D eigenvalue weighted by Crippen LogP contribution is 2.36. The van der Waals surface area contributed by atoms with Crippen molar-refractivity contribution in [3.05, 3.63) is 55.5 Å². The van der Waals surface area contributed by atoms with Crippen molar-refractivity contribution in [3.63, 3.8) is 0 Å². The van der Waals surface area contributed by atoms with E-state index >= 15 is 0 Å². The zero-order valence-corrected chi connectivity index (χ0v) is 17.8. The van der Waals surface area contributed by atoms with Crippen LogP contribution >= 0.6 is 46.4 Å². The second-order valence-electron chi connectivity index (χ2n) is 5.79. The van der Waals surface area contributed by atoms with Gasteiger partial charge in [-0.3, -0.25) is 9.59 Å². The number of halogens is 4. The van der Waals surface area contributed by atoms with Gasteiger partial charge >= 0.3 is 11.9 Å². The summed E-state index contributed by atoms with van der Waals surface area (Å²) in [6.07, 6.45) is 0. The average molecular weight is 467 g/mol. The maximum Gasteiger partial charge on any atom is 0.308 e. The van der Waals surface area contributed by atoms with Crippen molar-refractivity contribution in [3.8, 4) is 11.5 Å². The number of ether oxygens (including phenoxy) is 2. The maximum absolute atomic E-state index is 11.1. The zero-order valence-electron chi connectivity index (χ0n) is 14.8. The SMILES string of the molecule is CC(=O)Oc1c(Cl)cc(CN(O)Cc2cc(Cl)c(OC(C)=O)c(Cl)c2)cc1Cl. The predicted octanol–water partition coefficient (Wildman–Crippen LogP) is 5.54. The summed E-state index contributed by atoms with van der Waals surface area (Å²) in [5.74, 6) is -0.982. The molecule has 0 atom stereocenters. The van der Waals surface area contributed by atoms with Gasteiger partial charge in [-0.1, -0.05) is 46.4 Å². The van der Waals surface area contributed by atoms with Gasteiger partial charge < -0.3 is 14.7 Å². The van der Waals surface area contributed by atoms with Gasteiger partial charge in [0.05, 0.1) is 20.1 Å². The zero-order chi connectivity index (χ0) is 21.0. The molecule has 2 aromatic rings. The van der Waals surface area contributed by atoms with Crippen LogP contribution in [0.1, 0.15) is 25.0 Å². The monoisotopic (exact) mass is 465 g/mol. The van der Waals surface area contributed by atoms with E-state index < -0.39 is 11.9 Å². The molecule has 10 heteroatoms. The largest absolute Gasteiger partial charge is 0.424 e. The molecule has 0 aliphatic rings. The highest BCUT2D eigenvalue weighted by atomic mass is 35.5. The summed E-state index contributed by atoms with van der Waals surface area (Å²) in [6, 6.07) is 6.11. The average Bonchev–Trinajstić information content (AvgIpc) is 2.54. The molecule has 0 bridgehead atoms. The molecule has 1 N–H and O–H groups in total. The number of nitrogens with zero attached hydrogens (tertiary/aromatic N) is 1. The molecule has 0 amide bonds. The minimum absolute atomic E-state index is 0.0590. The Kier molecular flexibility index (Phi) is 7.95.